The van der Waals surface area contributed by atoms with Gasteiger partial charge in [-0.2, -0.15) is 11.8 Å². The molecule has 0 saturated carbocycles. The fourth-order valence-corrected chi connectivity index (χ4v) is 4.16. The Balaban J connectivity index is 1.86. The summed E-state index contributed by atoms with van der Waals surface area (Å²) >= 11 is 4.48. The number of rotatable bonds is 5. The van der Waals surface area contributed by atoms with Crippen LogP contribution in [0.5, 0.6) is 0 Å². The maximum absolute atomic E-state index is 3.50. The second kappa shape index (κ2) is 7.75. The molecule has 1 aliphatic heterocycles. The van der Waals surface area contributed by atoms with E-state index in [0.29, 0.717) is 6.04 Å². The highest BCUT2D eigenvalue weighted by atomic mass is 127. The summed E-state index contributed by atoms with van der Waals surface area (Å²) in [4.78, 5) is 0. The quantitative estimate of drug-likeness (QED) is 0.782. The summed E-state index contributed by atoms with van der Waals surface area (Å²) in [7, 11) is 2.11. The number of hydrogen-bond donors (Lipinski definition) is 1. The van der Waals surface area contributed by atoms with E-state index in [1.54, 1.807) is 0 Å². The SMILES string of the molecule is CNC(Cc1ccc(I)cc1)CC1CCSCC1. The lowest BCUT2D eigenvalue weighted by Crippen LogP contribution is -2.31. The molecule has 0 aromatic heterocycles. The Bertz CT molecular complexity index is 346. The average molecular weight is 375 g/mol. The van der Waals surface area contributed by atoms with Gasteiger partial charge in [0.1, 0.15) is 0 Å². The number of benzene rings is 1. The third-order valence-corrected chi connectivity index (χ3v) is 5.53. The van der Waals surface area contributed by atoms with Crippen molar-refractivity contribution < 1.29 is 0 Å². The number of thioether (sulfide) groups is 1. The molecule has 0 spiro atoms. The third-order valence-electron chi connectivity index (χ3n) is 3.76. The van der Waals surface area contributed by atoms with Crippen LogP contribution in [-0.2, 0) is 6.42 Å². The molecule has 0 amide bonds. The highest BCUT2D eigenvalue weighted by molar-refractivity contribution is 14.1. The largest absolute Gasteiger partial charge is 0.317 e. The molecule has 1 aliphatic rings. The van der Waals surface area contributed by atoms with Crippen LogP contribution < -0.4 is 5.32 Å². The van der Waals surface area contributed by atoms with Crippen LogP contribution in [0.1, 0.15) is 24.8 Å². The van der Waals surface area contributed by atoms with E-state index in [2.05, 4.69) is 71.0 Å². The van der Waals surface area contributed by atoms with Crippen molar-refractivity contribution in [1.29, 1.82) is 0 Å². The van der Waals surface area contributed by atoms with Gasteiger partial charge in [-0.1, -0.05) is 12.1 Å². The van der Waals surface area contributed by atoms with Crippen molar-refractivity contribution in [3.63, 3.8) is 0 Å². The Morgan fingerprint density at radius 2 is 1.94 bits per heavy atom. The monoisotopic (exact) mass is 375 g/mol. The predicted molar refractivity (Wildman–Crippen MR) is 90.4 cm³/mol. The lowest BCUT2D eigenvalue weighted by Gasteiger charge is -2.26. The first-order chi connectivity index (χ1) is 8.78. The van der Waals surface area contributed by atoms with Crippen molar-refractivity contribution in [2.24, 2.45) is 5.92 Å². The summed E-state index contributed by atoms with van der Waals surface area (Å²) in [5.41, 5.74) is 1.46. The van der Waals surface area contributed by atoms with E-state index in [9.17, 15) is 0 Å². The van der Waals surface area contributed by atoms with Crippen LogP contribution in [0.2, 0.25) is 0 Å². The zero-order valence-electron chi connectivity index (χ0n) is 11.0. The third kappa shape index (κ3) is 4.74. The molecule has 1 saturated heterocycles. The molecular formula is C15H22INS. The van der Waals surface area contributed by atoms with E-state index in [-0.39, 0.29) is 0 Å². The van der Waals surface area contributed by atoms with Crippen LogP contribution in [0.3, 0.4) is 0 Å². The van der Waals surface area contributed by atoms with E-state index in [1.165, 1.54) is 39.9 Å². The normalized spacial score (nSPS) is 18.8. The smallest absolute Gasteiger partial charge is 0.0130 e. The van der Waals surface area contributed by atoms with Crippen LogP contribution in [0.4, 0.5) is 0 Å². The average Bonchev–Trinajstić information content (AvgIpc) is 2.41. The molecule has 1 aromatic rings. The second-order valence-electron chi connectivity index (χ2n) is 5.11. The molecule has 1 unspecified atom stereocenters. The van der Waals surface area contributed by atoms with Gasteiger partial charge in [0.25, 0.3) is 0 Å². The molecule has 100 valence electrons. The molecule has 1 fully saturated rings. The van der Waals surface area contributed by atoms with Crippen LogP contribution in [0.15, 0.2) is 24.3 Å². The molecule has 1 heterocycles. The first-order valence-corrected chi connectivity index (χ1v) is 9.00. The standard InChI is InChI=1S/C15H22INS/c1-17-15(11-13-6-8-18-9-7-13)10-12-2-4-14(16)5-3-12/h2-5,13,15,17H,6-11H2,1H3. The Kier molecular flexibility index (Phi) is 6.32. The minimum atomic E-state index is 0.637. The van der Waals surface area contributed by atoms with Gasteiger partial charge in [0.15, 0.2) is 0 Å². The van der Waals surface area contributed by atoms with E-state index in [1.807, 2.05) is 0 Å². The van der Waals surface area contributed by atoms with Crippen LogP contribution in [-0.4, -0.2) is 24.6 Å². The molecule has 3 heteroatoms. The second-order valence-corrected chi connectivity index (χ2v) is 7.58. The van der Waals surface area contributed by atoms with Crippen molar-refractivity contribution in [3.8, 4) is 0 Å². The van der Waals surface area contributed by atoms with Crippen LogP contribution in [0, 0.1) is 9.49 Å². The lowest BCUT2D eigenvalue weighted by molar-refractivity contribution is 0.376. The Morgan fingerprint density at radius 3 is 2.56 bits per heavy atom. The van der Waals surface area contributed by atoms with Gasteiger partial charge in [-0.15, -0.1) is 0 Å². The summed E-state index contributed by atoms with van der Waals surface area (Å²) in [6.07, 6.45) is 5.32. The maximum Gasteiger partial charge on any atom is 0.0130 e. The lowest BCUT2D eigenvalue weighted by atomic mass is 9.91. The predicted octanol–water partition coefficient (Wildman–Crippen LogP) is 3.96. The van der Waals surface area contributed by atoms with Gasteiger partial charge in [-0.05, 0) is 90.4 Å². The van der Waals surface area contributed by atoms with Gasteiger partial charge in [-0.25, -0.2) is 0 Å². The summed E-state index contributed by atoms with van der Waals surface area (Å²) < 4.78 is 1.32. The first-order valence-electron chi connectivity index (χ1n) is 6.77. The van der Waals surface area contributed by atoms with Crippen molar-refractivity contribution in [2.75, 3.05) is 18.6 Å². The minimum absolute atomic E-state index is 0.637. The van der Waals surface area contributed by atoms with E-state index < -0.39 is 0 Å². The zero-order valence-corrected chi connectivity index (χ0v) is 14.0. The highest BCUT2D eigenvalue weighted by Gasteiger charge is 2.18. The molecule has 1 N–H and O–H groups in total. The fourth-order valence-electron chi connectivity index (χ4n) is 2.59. The summed E-state index contributed by atoms with van der Waals surface area (Å²) in [5, 5.41) is 3.50. The fraction of sp³-hybridized carbons (Fsp3) is 0.600. The summed E-state index contributed by atoms with van der Waals surface area (Å²) in [6.45, 7) is 0. The van der Waals surface area contributed by atoms with Gasteiger partial charge >= 0.3 is 0 Å². The molecule has 2 rings (SSSR count). The van der Waals surface area contributed by atoms with Gasteiger partial charge in [0, 0.05) is 9.61 Å². The summed E-state index contributed by atoms with van der Waals surface area (Å²) in [5.74, 6) is 3.67. The number of halogens is 1. The van der Waals surface area contributed by atoms with Crippen molar-refractivity contribution >= 4 is 34.4 Å². The van der Waals surface area contributed by atoms with Crippen LogP contribution in [0.25, 0.3) is 0 Å². The van der Waals surface area contributed by atoms with Crippen molar-refractivity contribution in [3.05, 3.63) is 33.4 Å². The highest BCUT2D eigenvalue weighted by Crippen LogP contribution is 2.27. The Hall–Kier alpha value is 0.260. The van der Waals surface area contributed by atoms with Gasteiger partial charge in [-0.3, -0.25) is 0 Å². The maximum atomic E-state index is 3.50. The zero-order chi connectivity index (χ0) is 12.8. The number of likely N-dealkylation sites (N-methyl/N-ethyl adjacent to an activating group) is 1. The molecule has 0 aliphatic carbocycles. The molecule has 0 radical (unpaired) electrons. The van der Waals surface area contributed by atoms with Crippen molar-refractivity contribution in [2.45, 2.75) is 31.7 Å². The minimum Gasteiger partial charge on any atom is -0.317 e. The van der Waals surface area contributed by atoms with Crippen LogP contribution >= 0.6 is 34.4 Å². The van der Waals surface area contributed by atoms with Gasteiger partial charge in [0.2, 0.25) is 0 Å². The Morgan fingerprint density at radius 1 is 1.28 bits per heavy atom. The molecule has 0 bridgehead atoms. The topological polar surface area (TPSA) is 12.0 Å². The molecule has 1 aromatic carbocycles. The first kappa shape index (κ1) is 14.7. The van der Waals surface area contributed by atoms with Gasteiger partial charge in [0.05, 0.1) is 0 Å². The number of nitrogens with one attached hydrogen (secondary N) is 1. The Labute approximate surface area is 129 Å². The molecule has 18 heavy (non-hydrogen) atoms. The molecule has 1 atom stereocenters. The number of hydrogen-bond acceptors (Lipinski definition) is 2. The van der Waals surface area contributed by atoms with E-state index >= 15 is 0 Å². The molecular weight excluding hydrogens is 353 g/mol. The van der Waals surface area contributed by atoms with E-state index in [0.717, 1.165) is 12.3 Å². The molecule has 1 nitrogen and oxygen atoms in total. The van der Waals surface area contributed by atoms with Gasteiger partial charge < -0.3 is 5.32 Å². The summed E-state index contributed by atoms with van der Waals surface area (Å²) in [6, 6.07) is 9.59. The van der Waals surface area contributed by atoms with Crippen molar-refractivity contribution in [1.82, 2.24) is 5.32 Å². The van der Waals surface area contributed by atoms with E-state index in [4.69, 9.17) is 0 Å².